The lowest BCUT2D eigenvalue weighted by atomic mass is 9.71. The number of esters is 2. The van der Waals surface area contributed by atoms with Gasteiger partial charge in [0.05, 0.1) is 17.1 Å². The Balaban J connectivity index is 2.31. The van der Waals surface area contributed by atoms with E-state index < -0.39 is 47.1 Å². The van der Waals surface area contributed by atoms with Crippen molar-refractivity contribution in [3.63, 3.8) is 0 Å². The second-order valence-corrected chi connectivity index (χ2v) is 10.2. The molecule has 1 aliphatic carbocycles. The van der Waals surface area contributed by atoms with Gasteiger partial charge in [0.25, 0.3) is 0 Å². The average Bonchev–Trinajstić information content (AvgIpc) is 3.36. The Bertz CT molecular complexity index is 842. The van der Waals surface area contributed by atoms with Crippen molar-refractivity contribution in [1.82, 2.24) is 0 Å². The van der Waals surface area contributed by atoms with E-state index in [0.29, 0.717) is 23.1 Å². The van der Waals surface area contributed by atoms with Crippen molar-refractivity contribution in [2.24, 2.45) is 5.92 Å². The monoisotopic (exact) mass is 484 g/mol. The number of epoxide rings is 1. The molecule has 186 valence electrons. The van der Waals surface area contributed by atoms with Crippen LogP contribution in [0.3, 0.4) is 0 Å². The van der Waals surface area contributed by atoms with Crippen LogP contribution >= 0.6 is 11.6 Å². The predicted octanol–water partition coefficient (Wildman–Crippen LogP) is 3.61. The highest BCUT2D eigenvalue weighted by Crippen LogP contribution is 2.45. The third kappa shape index (κ3) is 6.07. The zero-order chi connectivity index (χ0) is 25.3. The molecule has 0 amide bonds. The molecule has 0 bridgehead atoms. The highest BCUT2D eigenvalue weighted by Gasteiger charge is 2.55. The van der Waals surface area contributed by atoms with Crippen molar-refractivity contribution in [1.29, 1.82) is 0 Å². The number of hydrogen-bond donors (Lipinski definition) is 2. The second kappa shape index (κ2) is 10.3. The minimum atomic E-state index is -1.67. The van der Waals surface area contributed by atoms with Crippen LogP contribution in [0.25, 0.3) is 0 Å². The number of hydrogen-bond acceptors (Lipinski definition) is 7. The average molecular weight is 485 g/mol. The molecular weight excluding hydrogens is 448 g/mol. The number of aliphatic hydroxyl groups is 2. The van der Waals surface area contributed by atoms with Crippen molar-refractivity contribution in [2.75, 3.05) is 0 Å². The number of allylic oxidation sites excluding steroid dienone is 2. The van der Waals surface area contributed by atoms with Crippen molar-refractivity contribution in [2.45, 2.75) is 102 Å². The van der Waals surface area contributed by atoms with Crippen LogP contribution in [-0.4, -0.2) is 63.1 Å². The summed E-state index contributed by atoms with van der Waals surface area (Å²) in [6.45, 7) is 16.1. The molecule has 0 spiro atoms. The van der Waals surface area contributed by atoms with Crippen LogP contribution < -0.4 is 0 Å². The third-order valence-corrected chi connectivity index (χ3v) is 7.49. The summed E-state index contributed by atoms with van der Waals surface area (Å²) in [5.74, 6) is -1.83. The maximum absolute atomic E-state index is 12.5. The first-order chi connectivity index (χ1) is 15.2. The standard InChI is InChI=1S/C25H37ClO7/c1-9-13(3)22(28)31-17(12-19-24(6,7)33-19)15(5)16-11-18(26)25(8,30)21(20(16)27)32-23(29)14(4)10-2/h9-10,16-21,27,30H,5,11-12H2,1-4,6-8H3/b13-9-,14-10-/t16-,17?,18+,19-,20+,21+,25-/m1/s1. The van der Waals surface area contributed by atoms with Crippen LogP contribution in [0.15, 0.2) is 35.5 Å². The van der Waals surface area contributed by atoms with E-state index in [1.54, 1.807) is 39.8 Å². The zero-order valence-corrected chi connectivity index (χ0v) is 21.3. The van der Waals surface area contributed by atoms with Crippen molar-refractivity contribution in [3.8, 4) is 0 Å². The smallest absolute Gasteiger partial charge is 0.333 e. The van der Waals surface area contributed by atoms with Gasteiger partial charge >= 0.3 is 11.9 Å². The molecule has 0 aromatic heterocycles. The lowest BCUT2D eigenvalue weighted by Gasteiger charge is -2.47. The molecule has 7 atom stereocenters. The number of ether oxygens (including phenoxy) is 3. The van der Waals surface area contributed by atoms with Crippen molar-refractivity contribution >= 4 is 23.5 Å². The van der Waals surface area contributed by atoms with Gasteiger partial charge < -0.3 is 24.4 Å². The van der Waals surface area contributed by atoms with Gasteiger partial charge in [-0.1, -0.05) is 18.7 Å². The quantitative estimate of drug-likeness (QED) is 0.178. The fraction of sp³-hybridized carbons (Fsp3) is 0.680. The fourth-order valence-electron chi connectivity index (χ4n) is 3.93. The van der Waals surface area contributed by atoms with Gasteiger partial charge in [0.2, 0.25) is 0 Å². The number of halogens is 1. The number of carbonyl (C=O) groups is 2. The minimum Gasteiger partial charge on any atom is -0.454 e. The van der Waals surface area contributed by atoms with Crippen molar-refractivity contribution in [3.05, 3.63) is 35.5 Å². The summed E-state index contributed by atoms with van der Waals surface area (Å²) in [5.41, 5.74) is -0.786. The first kappa shape index (κ1) is 27.6. The summed E-state index contributed by atoms with van der Waals surface area (Å²) in [5, 5.41) is 21.3. The van der Waals surface area contributed by atoms with Gasteiger partial charge in [0.1, 0.15) is 17.8 Å². The molecule has 1 saturated carbocycles. The van der Waals surface area contributed by atoms with Crippen LogP contribution in [-0.2, 0) is 23.8 Å². The molecule has 1 saturated heterocycles. The van der Waals surface area contributed by atoms with E-state index in [1.165, 1.54) is 6.92 Å². The Hall–Kier alpha value is -1.67. The van der Waals surface area contributed by atoms with Gasteiger partial charge in [-0.05, 0) is 60.5 Å². The van der Waals surface area contributed by atoms with Gasteiger partial charge in [-0.25, -0.2) is 9.59 Å². The number of rotatable bonds is 8. The lowest BCUT2D eigenvalue weighted by molar-refractivity contribution is -0.190. The van der Waals surface area contributed by atoms with E-state index >= 15 is 0 Å². The Labute approximate surface area is 201 Å². The minimum absolute atomic E-state index is 0.139. The molecule has 2 N–H and O–H groups in total. The molecule has 33 heavy (non-hydrogen) atoms. The molecular formula is C25H37ClO7. The first-order valence-electron chi connectivity index (χ1n) is 11.3. The first-order valence-corrected chi connectivity index (χ1v) is 11.7. The lowest BCUT2D eigenvalue weighted by Crippen LogP contribution is -2.62. The summed E-state index contributed by atoms with van der Waals surface area (Å²) < 4.78 is 16.9. The Morgan fingerprint density at radius 3 is 2.18 bits per heavy atom. The third-order valence-electron chi connectivity index (χ3n) is 6.87. The topological polar surface area (TPSA) is 106 Å². The van der Waals surface area contributed by atoms with Gasteiger partial charge in [-0.15, -0.1) is 11.6 Å². The molecule has 8 heteroatoms. The van der Waals surface area contributed by atoms with E-state index in [9.17, 15) is 19.8 Å². The second-order valence-electron chi connectivity index (χ2n) is 9.71. The fourth-order valence-corrected chi connectivity index (χ4v) is 4.25. The van der Waals surface area contributed by atoms with E-state index in [-0.39, 0.29) is 18.1 Å². The molecule has 7 nitrogen and oxygen atoms in total. The summed E-state index contributed by atoms with van der Waals surface area (Å²) in [6.07, 6.45) is 0.282. The number of alkyl halides is 1. The van der Waals surface area contributed by atoms with E-state index in [4.69, 9.17) is 25.8 Å². The highest BCUT2D eigenvalue weighted by molar-refractivity contribution is 6.21. The van der Waals surface area contributed by atoms with Gasteiger partial charge in [-0.2, -0.15) is 0 Å². The predicted molar refractivity (Wildman–Crippen MR) is 126 cm³/mol. The number of carbonyl (C=O) groups excluding carboxylic acids is 2. The van der Waals surface area contributed by atoms with Gasteiger partial charge in [0, 0.05) is 23.5 Å². The van der Waals surface area contributed by atoms with Gasteiger partial charge in [0.15, 0.2) is 6.10 Å². The van der Waals surface area contributed by atoms with Crippen LogP contribution in [0.5, 0.6) is 0 Å². The Morgan fingerprint density at radius 2 is 1.70 bits per heavy atom. The van der Waals surface area contributed by atoms with E-state index in [2.05, 4.69) is 6.58 Å². The molecule has 2 fully saturated rings. The molecule has 2 aliphatic rings. The molecule has 1 aliphatic heterocycles. The van der Waals surface area contributed by atoms with E-state index in [0.717, 1.165) is 0 Å². The molecule has 2 rings (SSSR count). The van der Waals surface area contributed by atoms with Gasteiger partial charge in [-0.3, -0.25) is 0 Å². The van der Waals surface area contributed by atoms with Crippen LogP contribution in [0.1, 0.15) is 61.3 Å². The summed E-state index contributed by atoms with van der Waals surface area (Å²) in [7, 11) is 0. The summed E-state index contributed by atoms with van der Waals surface area (Å²) in [4.78, 5) is 24.9. The largest absolute Gasteiger partial charge is 0.454 e. The zero-order valence-electron chi connectivity index (χ0n) is 20.6. The normalized spacial score (nSPS) is 34.9. The highest BCUT2D eigenvalue weighted by atomic mass is 35.5. The van der Waals surface area contributed by atoms with Crippen molar-refractivity contribution < 1.29 is 34.0 Å². The molecule has 1 unspecified atom stereocenters. The Kier molecular flexibility index (Phi) is 8.61. The molecule has 0 aromatic carbocycles. The molecule has 0 aromatic rings. The molecule has 0 radical (unpaired) electrons. The number of aliphatic hydroxyl groups excluding tert-OH is 1. The molecule has 1 heterocycles. The SMILES string of the molecule is C=C(C(C[C@H]1OC1(C)C)OC(=O)/C(C)=C\C)[C@H]1C[C@H](Cl)[C@@](C)(O)[C@@H](OC(=O)/C(C)=C\C)[C@H]1O. The van der Waals surface area contributed by atoms with Crippen LogP contribution in [0.4, 0.5) is 0 Å². The maximum Gasteiger partial charge on any atom is 0.333 e. The van der Waals surface area contributed by atoms with Crippen LogP contribution in [0, 0.1) is 5.92 Å². The summed E-state index contributed by atoms with van der Waals surface area (Å²) in [6, 6.07) is 0. The van der Waals surface area contributed by atoms with E-state index in [1.807, 2.05) is 13.8 Å². The summed E-state index contributed by atoms with van der Waals surface area (Å²) >= 11 is 6.50. The Morgan fingerprint density at radius 1 is 1.18 bits per heavy atom. The van der Waals surface area contributed by atoms with Crippen LogP contribution in [0.2, 0.25) is 0 Å². The maximum atomic E-state index is 12.5.